The molecule has 2 N–H and O–H groups in total. The molecule has 7 heteroatoms. The number of aliphatic carboxylic acids is 1. The van der Waals surface area contributed by atoms with Gasteiger partial charge in [0.2, 0.25) is 0 Å². The van der Waals surface area contributed by atoms with Crippen molar-refractivity contribution in [2.45, 2.75) is 32.2 Å². The fourth-order valence-electron chi connectivity index (χ4n) is 1.78. The third kappa shape index (κ3) is 4.90. The minimum atomic E-state index is -0.975. The molecule has 104 valence electrons. The maximum Gasteiger partial charge on any atom is 0.305 e. The molecule has 0 aliphatic heterocycles. The third-order valence-electron chi connectivity index (χ3n) is 2.52. The molecule has 1 unspecified atom stereocenters. The summed E-state index contributed by atoms with van der Waals surface area (Å²) in [6, 6.07) is 2.73. The van der Waals surface area contributed by atoms with Crippen LogP contribution in [0.15, 0.2) is 18.2 Å². The zero-order chi connectivity index (χ0) is 14.4. The van der Waals surface area contributed by atoms with E-state index in [9.17, 15) is 19.3 Å². The van der Waals surface area contributed by atoms with E-state index in [0.717, 1.165) is 18.6 Å². The standard InChI is InChI=1S/C12H15FN2O4/c1-2-3-9(7-12(16)17)14-10-4-8(13)5-11(6-10)15(18)19/h4-6,9,14H,2-3,7H2,1H3,(H,16,17). The maximum absolute atomic E-state index is 13.2. The summed E-state index contributed by atoms with van der Waals surface area (Å²) in [5.74, 6) is -1.71. The van der Waals surface area contributed by atoms with Gasteiger partial charge in [-0.3, -0.25) is 14.9 Å². The minimum Gasteiger partial charge on any atom is -0.481 e. The van der Waals surface area contributed by atoms with Crippen LogP contribution in [0.4, 0.5) is 15.8 Å². The van der Waals surface area contributed by atoms with E-state index in [1.54, 1.807) is 0 Å². The predicted molar refractivity (Wildman–Crippen MR) is 67.6 cm³/mol. The van der Waals surface area contributed by atoms with E-state index in [0.29, 0.717) is 6.42 Å². The molecule has 0 aliphatic carbocycles. The van der Waals surface area contributed by atoms with Crippen LogP contribution in [0.2, 0.25) is 0 Å². The lowest BCUT2D eigenvalue weighted by Crippen LogP contribution is -2.23. The summed E-state index contributed by atoms with van der Waals surface area (Å²) in [6.45, 7) is 1.89. The van der Waals surface area contributed by atoms with Crippen LogP contribution in [0.5, 0.6) is 0 Å². The largest absolute Gasteiger partial charge is 0.481 e. The zero-order valence-electron chi connectivity index (χ0n) is 10.4. The fourth-order valence-corrected chi connectivity index (χ4v) is 1.78. The number of carboxylic acid groups (broad SMARTS) is 1. The summed E-state index contributed by atoms with van der Waals surface area (Å²) in [5.41, 5.74) is -0.153. The van der Waals surface area contributed by atoms with Crippen LogP contribution >= 0.6 is 0 Å². The molecule has 0 spiro atoms. The van der Waals surface area contributed by atoms with E-state index in [1.807, 2.05) is 6.92 Å². The second-order valence-electron chi connectivity index (χ2n) is 4.18. The van der Waals surface area contributed by atoms with Crippen molar-refractivity contribution in [3.05, 3.63) is 34.1 Å². The highest BCUT2D eigenvalue weighted by molar-refractivity contribution is 5.68. The molecule has 1 rings (SSSR count). The van der Waals surface area contributed by atoms with Crippen molar-refractivity contribution in [3.8, 4) is 0 Å². The van der Waals surface area contributed by atoms with Gasteiger partial charge in [-0.05, 0) is 12.5 Å². The Morgan fingerprint density at radius 3 is 2.74 bits per heavy atom. The van der Waals surface area contributed by atoms with Gasteiger partial charge in [0.25, 0.3) is 5.69 Å². The number of nitrogens with zero attached hydrogens (tertiary/aromatic N) is 1. The number of nitro groups is 1. The molecular formula is C12H15FN2O4. The number of benzene rings is 1. The van der Waals surface area contributed by atoms with Gasteiger partial charge in [-0.2, -0.15) is 0 Å². The molecular weight excluding hydrogens is 255 g/mol. The topological polar surface area (TPSA) is 92.5 Å². The highest BCUT2D eigenvalue weighted by Gasteiger charge is 2.15. The number of rotatable bonds is 7. The first-order valence-electron chi connectivity index (χ1n) is 5.85. The van der Waals surface area contributed by atoms with Crippen LogP contribution in [0.3, 0.4) is 0 Å². The molecule has 0 bridgehead atoms. The Morgan fingerprint density at radius 2 is 2.21 bits per heavy atom. The summed E-state index contributed by atoms with van der Waals surface area (Å²) in [7, 11) is 0. The molecule has 1 atom stereocenters. The SMILES string of the molecule is CCCC(CC(=O)O)Nc1cc(F)cc([N+](=O)[O-])c1. The number of hydrogen-bond donors (Lipinski definition) is 2. The maximum atomic E-state index is 13.2. The molecule has 19 heavy (non-hydrogen) atoms. The van der Waals surface area contributed by atoms with Gasteiger partial charge in [-0.15, -0.1) is 0 Å². The van der Waals surface area contributed by atoms with Gasteiger partial charge in [0, 0.05) is 17.8 Å². The third-order valence-corrected chi connectivity index (χ3v) is 2.52. The van der Waals surface area contributed by atoms with Crippen molar-refractivity contribution in [1.29, 1.82) is 0 Å². The highest BCUT2D eigenvalue weighted by atomic mass is 19.1. The van der Waals surface area contributed by atoms with Crippen molar-refractivity contribution in [2.24, 2.45) is 0 Å². The number of nitro benzene ring substituents is 1. The summed E-state index contributed by atoms with van der Waals surface area (Å²) < 4.78 is 13.2. The number of hydrogen-bond acceptors (Lipinski definition) is 4. The second kappa shape index (κ2) is 6.67. The Morgan fingerprint density at radius 1 is 1.53 bits per heavy atom. The lowest BCUT2D eigenvalue weighted by Gasteiger charge is -2.17. The number of carboxylic acids is 1. The first-order valence-corrected chi connectivity index (χ1v) is 5.85. The van der Waals surface area contributed by atoms with Gasteiger partial charge >= 0.3 is 5.97 Å². The average Bonchev–Trinajstić information content (AvgIpc) is 2.27. The summed E-state index contributed by atoms with van der Waals surface area (Å²) >= 11 is 0. The number of nitrogens with one attached hydrogen (secondary N) is 1. The molecule has 0 aliphatic rings. The van der Waals surface area contributed by atoms with Gasteiger partial charge in [-0.25, -0.2) is 4.39 Å². The van der Waals surface area contributed by atoms with Crippen LogP contribution in [0, 0.1) is 15.9 Å². The molecule has 0 radical (unpaired) electrons. The normalized spacial score (nSPS) is 11.9. The highest BCUT2D eigenvalue weighted by Crippen LogP contribution is 2.22. The number of non-ortho nitro benzene ring substituents is 1. The Hall–Kier alpha value is -2.18. The van der Waals surface area contributed by atoms with Gasteiger partial charge < -0.3 is 10.4 Å². The van der Waals surface area contributed by atoms with Crippen molar-refractivity contribution < 1.29 is 19.2 Å². The Balaban J connectivity index is 2.88. The van der Waals surface area contributed by atoms with Crippen molar-refractivity contribution in [1.82, 2.24) is 0 Å². The average molecular weight is 270 g/mol. The van der Waals surface area contributed by atoms with E-state index >= 15 is 0 Å². The molecule has 0 aromatic heterocycles. The van der Waals surface area contributed by atoms with Gasteiger partial charge in [-0.1, -0.05) is 13.3 Å². The summed E-state index contributed by atoms with van der Waals surface area (Å²) in [5, 5.41) is 22.2. The summed E-state index contributed by atoms with van der Waals surface area (Å²) in [6.07, 6.45) is 1.21. The van der Waals surface area contributed by atoms with E-state index in [1.165, 1.54) is 6.07 Å². The number of halogens is 1. The number of carbonyl (C=O) groups is 1. The number of anilines is 1. The first kappa shape index (κ1) is 14.9. The second-order valence-corrected chi connectivity index (χ2v) is 4.18. The smallest absolute Gasteiger partial charge is 0.305 e. The van der Waals surface area contributed by atoms with E-state index < -0.39 is 16.7 Å². The summed E-state index contributed by atoms with van der Waals surface area (Å²) in [4.78, 5) is 20.6. The molecule has 0 saturated carbocycles. The molecule has 1 aromatic carbocycles. The fraction of sp³-hybridized carbons (Fsp3) is 0.417. The molecule has 0 amide bonds. The molecule has 0 saturated heterocycles. The van der Waals surface area contributed by atoms with Crippen molar-refractivity contribution in [3.63, 3.8) is 0 Å². The predicted octanol–water partition coefficient (Wildman–Crippen LogP) is 2.79. The van der Waals surface area contributed by atoms with Crippen molar-refractivity contribution >= 4 is 17.3 Å². The minimum absolute atomic E-state index is 0.127. The zero-order valence-corrected chi connectivity index (χ0v) is 10.4. The first-order chi connectivity index (χ1) is 8.92. The molecule has 0 heterocycles. The van der Waals surface area contributed by atoms with Gasteiger partial charge in [0.1, 0.15) is 5.82 Å². The van der Waals surface area contributed by atoms with Crippen LogP contribution < -0.4 is 5.32 Å². The monoisotopic (exact) mass is 270 g/mol. The van der Waals surface area contributed by atoms with E-state index in [4.69, 9.17) is 5.11 Å². The lowest BCUT2D eigenvalue weighted by molar-refractivity contribution is -0.385. The van der Waals surface area contributed by atoms with Crippen LogP contribution in [-0.2, 0) is 4.79 Å². The Kier molecular flexibility index (Phi) is 5.23. The van der Waals surface area contributed by atoms with Crippen LogP contribution in [0.25, 0.3) is 0 Å². The van der Waals surface area contributed by atoms with E-state index in [-0.39, 0.29) is 23.8 Å². The molecule has 6 nitrogen and oxygen atoms in total. The molecule has 1 aromatic rings. The van der Waals surface area contributed by atoms with Gasteiger partial charge in [0.05, 0.1) is 17.4 Å². The molecule has 0 fully saturated rings. The Labute approximate surface area is 109 Å². The van der Waals surface area contributed by atoms with Crippen LogP contribution in [0.1, 0.15) is 26.2 Å². The van der Waals surface area contributed by atoms with Crippen molar-refractivity contribution in [2.75, 3.05) is 5.32 Å². The quantitative estimate of drug-likeness (QED) is 0.587. The van der Waals surface area contributed by atoms with Gasteiger partial charge in [0.15, 0.2) is 0 Å². The van der Waals surface area contributed by atoms with E-state index in [2.05, 4.69) is 5.32 Å². The Bertz CT molecular complexity index is 479. The lowest BCUT2D eigenvalue weighted by atomic mass is 10.1. The van der Waals surface area contributed by atoms with Crippen LogP contribution in [-0.4, -0.2) is 22.0 Å².